The van der Waals surface area contributed by atoms with Crippen LogP contribution in [0.15, 0.2) is 54.9 Å². The number of rotatable bonds is 3. The number of pyridine rings is 1. The van der Waals surface area contributed by atoms with Crippen LogP contribution in [0.25, 0.3) is 10.8 Å². The molecule has 1 aliphatic rings. The summed E-state index contributed by atoms with van der Waals surface area (Å²) < 4.78 is 47.5. The molecular formula is C22H20F3N3O3. The Morgan fingerprint density at radius 3 is 2.81 bits per heavy atom. The van der Waals surface area contributed by atoms with Crippen LogP contribution in [0.1, 0.15) is 31.9 Å². The number of benzene rings is 2. The summed E-state index contributed by atoms with van der Waals surface area (Å²) in [6.45, 7) is 3.61. The third-order valence-electron chi connectivity index (χ3n) is 4.91. The van der Waals surface area contributed by atoms with Gasteiger partial charge in [0.1, 0.15) is 17.1 Å². The van der Waals surface area contributed by atoms with Gasteiger partial charge in [-0.15, -0.1) is 13.2 Å². The summed E-state index contributed by atoms with van der Waals surface area (Å²) in [6.07, 6.45) is -1.02. The van der Waals surface area contributed by atoms with Crippen molar-refractivity contribution in [2.45, 2.75) is 38.3 Å². The molecule has 2 heterocycles. The zero-order chi connectivity index (χ0) is 22.2. The number of nitrogens with one attached hydrogen (secondary N) is 2. The van der Waals surface area contributed by atoms with Crippen LogP contribution in [0.4, 0.5) is 23.7 Å². The van der Waals surface area contributed by atoms with E-state index >= 15 is 0 Å². The molecule has 0 saturated heterocycles. The number of carbonyl (C=O) groups is 1. The zero-order valence-corrected chi connectivity index (χ0v) is 16.8. The zero-order valence-electron chi connectivity index (χ0n) is 16.8. The minimum atomic E-state index is -4.80. The number of hydrogen-bond acceptors (Lipinski definition) is 4. The maximum Gasteiger partial charge on any atom is 0.573 e. The fourth-order valence-electron chi connectivity index (χ4n) is 3.71. The van der Waals surface area contributed by atoms with E-state index in [4.69, 9.17) is 4.74 Å². The quantitative estimate of drug-likeness (QED) is 0.570. The van der Waals surface area contributed by atoms with Crippen LogP contribution in [0.3, 0.4) is 0 Å². The lowest BCUT2D eigenvalue weighted by Crippen LogP contribution is -2.42. The number of alkyl halides is 3. The van der Waals surface area contributed by atoms with E-state index in [9.17, 15) is 18.0 Å². The van der Waals surface area contributed by atoms with Crippen LogP contribution in [0, 0.1) is 0 Å². The van der Waals surface area contributed by atoms with Gasteiger partial charge in [0.05, 0.1) is 11.7 Å². The topological polar surface area (TPSA) is 72.5 Å². The molecule has 6 nitrogen and oxygen atoms in total. The third kappa shape index (κ3) is 4.82. The molecule has 9 heteroatoms. The van der Waals surface area contributed by atoms with Gasteiger partial charge in [-0.1, -0.05) is 12.1 Å². The van der Waals surface area contributed by atoms with Crippen molar-refractivity contribution in [1.82, 2.24) is 10.3 Å². The first-order valence-electron chi connectivity index (χ1n) is 9.59. The van der Waals surface area contributed by atoms with Gasteiger partial charge in [-0.05, 0) is 38.1 Å². The molecule has 1 aromatic heterocycles. The van der Waals surface area contributed by atoms with Gasteiger partial charge >= 0.3 is 12.4 Å². The third-order valence-corrected chi connectivity index (χ3v) is 4.91. The van der Waals surface area contributed by atoms with E-state index in [-0.39, 0.29) is 11.5 Å². The van der Waals surface area contributed by atoms with Crippen LogP contribution in [-0.4, -0.2) is 23.0 Å². The van der Waals surface area contributed by atoms with Crippen LogP contribution in [-0.2, 0) is 0 Å². The smallest absolute Gasteiger partial charge is 0.487 e. The molecule has 1 atom stereocenters. The van der Waals surface area contributed by atoms with Gasteiger partial charge in [0.2, 0.25) is 0 Å². The molecular weight excluding hydrogens is 411 g/mol. The standard InChI is InChI=1S/C22H20F3N3O3/c1-21(2)11-18(16-7-6-14(10-19(16)31-21)30-22(23,24)25)28-20(29)27-17-5-3-4-13-12-26-9-8-15(13)17/h3-10,12,18H,11H2,1-2H3,(H2,27,28,29)/t18-/m1/s1. The average Bonchev–Trinajstić information content (AvgIpc) is 2.66. The highest BCUT2D eigenvalue weighted by Crippen LogP contribution is 2.42. The van der Waals surface area contributed by atoms with Crippen LogP contribution in [0.2, 0.25) is 0 Å². The molecule has 1 aliphatic heterocycles. The van der Waals surface area contributed by atoms with E-state index in [0.29, 0.717) is 17.7 Å². The largest absolute Gasteiger partial charge is 0.573 e. The minimum Gasteiger partial charge on any atom is -0.487 e. The lowest BCUT2D eigenvalue weighted by molar-refractivity contribution is -0.274. The Morgan fingerprint density at radius 1 is 1.23 bits per heavy atom. The number of carbonyl (C=O) groups excluding carboxylic acids is 1. The van der Waals surface area contributed by atoms with E-state index in [1.165, 1.54) is 18.2 Å². The Morgan fingerprint density at radius 2 is 2.03 bits per heavy atom. The van der Waals surface area contributed by atoms with Crippen molar-refractivity contribution in [3.8, 4) is 11.5 Å². The van der Waals surface area contributed by atoms with Crippen molar-refractivity contribution in [2.75, 3.05) is 5.32 Å². The summed E-state index contributed by atoms with van der Waals surface area (Å²) in [6, 6.07) is 10.3. The van der Waals surface area contributed by atoms with Gasteiger partial charge in [-0.25, -0.2) is 4.79 Å². The molecule has 162 valence electrons. The second kappa shape index (κ2) is 7.64. The van der Waals surface area contributed by atoms with E-state index in [1.807, 2.05) is 12.1 Å². The second-order valence-electron chi connectivity index (χ2n) is 7.87. The monoisotopic (exact) mass is 431 g/mol. The van der Waals surface area contributed by atoms with Crippen LogP contribution < -0.4 is 20.1 Å². The van der Waals surface area contributed by atoms with E-state index < -0.39 is 24.0 Å². The van der Waals surface area contributed by atoms with E-state index in [1.54, 1.807) is 38.4 Å². The summed E-state index contributed by atoms with van der Waals surface area (Å²) >= 11 is 0. The Balaban J connectivity index is 1.56. The van der Waals surface area contributed by atoms with E-state index in [0.717, 1.165) is 10.8 Å². The SMILES string of the molecule is CC1(C)C[C@@H](NC(=O)Nc2cccc3cnccc23)c2ccc(OC(F)(F)F)cc2O1. The van der Waals surface area contributed by atoms with Crippen molar-refractivity contribution in [3.05, 3.63) is 60.4 Å². The molecule has 0 aliphatic carbocycles. The molecule has 4 rings (SSSR count). The molecule has 0 unspecified atom stereocenters. The number of hydrogen-bond donors (Lipinski definition) is 2. The van der Waals surface area contributed by atoms with Crippen molar-refractivity contribution < 1.29 is 27.4 Å². The molecule has 0 bridgehead atoms. The van der Waals surface area contributed by atoms with Crippen molar-refractivity contribution >= 4 is 22.5 Å². The number of ether oxygens (including phenoxy) is 2. The predicted molar refractivity (Wildman–Crippen MR) is 109 cm³/mol. The lowest BCUT2D eigenvalue weighted by atomic mass is 9.89. The predicted octanol–water partition coefficient (Wildman–Crippen LogP) is 5.56. The molecule has 0 fully saturated rings. The summed E-state index contributed by atoms with van der Waals surface area (Å²) in [5.74, 6) is -0.143. The summed E-state index contributed by atoms with van der Waals surface area (Å²) in [5, 5.41) is 7.47. The second-order valence-corrected chi connectivity index (χ2v) is 7.87. The summed E-state index contributed by atoms with van der Waals surface area (Å²) in [4.78, 5) is 16.8. The summed E-state index contributed by atoms with van der Waals surface area (Å²) in [7, 11) is 0. The number of halogens is 3. The molecule has 0 saturated carbocycles. The number of aromatic nitrogens is 1. The number of fused-ring (bicyclic) bond motifs is 2. The maximum atomic E-state index is 12.7. The highest BCUT2D eigenvalue weighted by Gasteiger charge is 2.36. The van der Waals surface area contributed by atoms with Crippen molar-refractivity contribution in [3.63, 3.8) is 0 Å². The van der Waals surface area contributed by atoms with Crippen molar-refractivity contribution in [2.24, 2.45) is 0 Å². The van der Waals surface area contributed by atoms with Gasteiger partial charge in [-0.2, -0.15) is 0 Å². The summed E-state index contributed by atoms with van der Waals surface area (Å²) in [5.41, 5.74) is 0.497. The first-order chi connectivity index (χ1) is 14.6. The number of anilines is 1. The average molecular weight is 431 g/mol. The van der Waals surface area contributed by atoms with E-state index in [2.05, 4.69) is 20.4 Å². The maximum absolute atomic E-state index is 12.7. The highest BCUT2D eigenvalue weighted by molar-refractivity contribution is 6.01. The first-order valence-corrected chi connectivity index (χ1v) is 9.59. The molecule has 2 N–H and O–H groups in total. The van der Waals surface area contributed by atoms with Crippen LogP contribution in [0.5, 0.6) is 11.5 Å². The van der Waals surface area contributed by atoms with Gasteiger partial charge in [0.25, 0.3) is 0 Å². The molecule has 0 radical (unpaired) electrons. The molecule has 31 heavy (non-hydrogen) atoms. The Kier molecular flexibility index (Phi) is 5.12. The fourth-order valence-corrected chi connectivity index (χ4v) is 3.71. The lowest BCUT2D eigenvalue weighted by Gasteiger charge is -2.38. The molecule has 2 aromatic carbocycles. The Bertz CT molecular complexity index is 1130. The van der Waals surface area contributed by atoms with Gasteiger partial charge in [0.15, 0.2) is 0 Å². The van der Waals surface area contributed by atoms with Gasteiger partial charge < -0.3 is 20.1 Å². The van der Waals surface area contributed by atoms with Crippen LogP contribution >= 0.6 is 0 Å². The highest BCUT2D eigenvalue weighted by atomic mass is 19.4. The fraction of sp³-hybridized carbons (Fsp3) is 0.273. The number of nitrogens with zero attached hydrogens (tertiary/aromatic N) is 1. The number of amides is 2. The Hall–Kier alpha value is -3.49. The molecule has 3 aromatic rings. The first kappa shape index (κ1) is 20.8. The van der Waals surface area contributed by atoms with Crippen molar-refractivity contribution in [1.29, 1.82) is 0 Å². The normalized spacial score (nSPS) is 17.4. The van der Waals surface area contributed by atoms with Gasteiger partial charge in [-0.3, -0.25) is 4.98 Å². The minimum absolute atomic E-state index is 0.236. The van der Waals surface area contributed by atoms with Gasteiger partial charge in [0, 0.05) is 41.2 Å². The number of urea groups is 1. The molecule has 2 amide bonds. The molecule has 0 spiro atoms. The Labute approximate surface area is 176 Å².